The van der Waals surface area contributed by atoms with Gasteiger partial charge in [-0.2, -0.15) is 0 Å². The van der Waals surface area contributed by atoms with Crippen molar-refractivity contribution in [2.24, 2.45) is 17.8 Å². The molecule has 1 aliphatic rings. The molecule has 4 atom stereocenters. The number of esters is 1. The first kappa shape index (κ1) is 16.3. The van der Waals surface area contributed by atoms with Crippen LogP contribution in [0.25, 0.3) is 0 Å². The van der Waals surface area contributed by atoms with Crippen LogP contribution >= 0.6 is 0 Å². The van der Waals surface area contributed by atoms with E-state index < -0.39 is 0 Å². The van der Waals surface area contributed by atoms with Crippen molar-refractivity contribution >= 4 is 5.97 Å². The Balaban J connectivity index is 2.47. The molecule has 110 valence electrons. The predicted octanol–water partition coefficient (Wildman–Crippen LogP) is 4.74. The largest absolute Gasteiger partial charge is 0.454 e. The van der Waals surface area contributed by atoms with Gasteiger partial charge in [-0.25, -0.2) is 4.79 Å². The van der Waals surface area contributed by atoms with Gasteiger partial charge in [0.15, 0.2) is 0 Å². The predicted molar refractivity (Wildman–Crippen MR) is 79.9 cm³/mol. The molecule has 0 fully saturated rings. The number of hydrogen-bond acceptors (Lipinski definition) is 2. The van der Waals surface area contributed by atoms with Gasteiger partial charge in [0.05, 0.1) is 0 Å². The van der Waals surface area contributed by atoms with Crippen molar-refractivity contribution < 1.29 is 9.53 Å². The Bertz CT molecular complexity index is 343. The van der Waals surface area contributed by atoms with Crippen molar-refractivity contribution in [3.63, 3.8) is 0 Å². The average Bonchev–Trinajstić information content (AvgIpc) is 2.57. The van der Waals surface area contributed by atoms with Crippen LogP contribution in [0.3, 0.4) is 0 Å². The van der Waals surface area contributed by atoms with Gasteiger partial charge in [0.25, 0.3) is 0 Å². The van der Waals surface area contributed by atoms with Crippen LogP contribution in [0.1, 0.15) is 67.2 Å². The third-order valence-electron chi connectivity index (χ3n) is 4.44. The summed E-state index contributed by atoms with van der Waals surface area (Å²) in [5.74, 6) is 1.80. The van der Waals surface area contributed by atoms with Crippen LogP contribution in [-0.4, -0.2) is 12.1 Å². The molecule has 0 radical (unpaired) electrons. The second kappa shape index (κ2) is 7.12. The summed E-state index contributed by atoms with van der Waals surface area (Å²) in [7, 11) is 0. The van der Waals surface area contributed by atoms with Crippen LogP contribution in [0.5, 0.6) is 0 Å². The standard InChI is InChI=1S/C17H30O2/c1-7-8-11(2)9-12(3)10-13(4)16-14(5)15(6)17(18)19-16/h11-13,16H,7-10H2,1-6H3/t11-,12-,13-,16?/m0/s1. The molecule has 2 heteroatoms. The van der Waals surface area contributed by atoms with Crippen LogP contribution in [-0.2, 0) is 9.53 Å². The smallest absolute Gasteiger partial charge is 0.334 e. The molecule has 0 bridgehead atoms. The molecule has 0 aromatic heterocycles. The maximum atomic E-state index is 11.6. The molecule has 0 saturated carbocycles. The van der Waals surface area contributed by atoms with Crippen molar-refractivity contribution in [2.75, 3.05) is 0 Å². The molecule has 2 nitrogen and oxygen atoms in total. The van der Waals surface area contributed by atoms with Gasteiger partial charge in [-0.3, -0.25) is 0 Å². The van der Waals surface area contributed by atoms with E-state index in [1.54, 1.807) is 0 Å². The Morgan fingerprint density at radius 2 is 1.74 bits per heavy atom. The van der Waals surface area contributed by atoms with Crippen molar-refractivity contribution in [3.8, 4) is 0 Å². The molecule has 0 amide bonds. The van der Waals surface area contributed by atoms with Crippen LogP contribution in [0.2, 0.25) is 0 Å². The first-order valence-electron chi connectivity index (χ1n) is 7.75. The van der Waals surface area contributed by atoms with E-state index in [0.29, 0.717) is 11.8 Å². The highest BCUT2D eigenvalue weighted by molar-refractivity contribution is 5.91. The zero-order chi connectivity index (χ0) is 14.6. The first-order chi connectivity index (χ1) is 8.86. The molecule has 1 aliphatic heterocycles. The Kier molecular flexibility index (Phi) is 6.09. The maximum Gasteiger partial charge on any atom is 0.334 e. The topological polar surface area (TPSA) is 26.3 Å². The lowest BCUT2D eigenvalue weighted by Gasteiger charge is -2.24. The number of rotatable bonds is 7. The van der Waals surface area contributed by atoms with E-state index in [1.165, 1.54) is 19.3 Å². The summed E-state index contributed by atoms with van der Waals surface area (Å²) in [5.41, 5.74) is 1.94. The number of carbonyl (C=O) groups is 1. The van der Waals surface area contributed by atoms with E-state index in [1.807, 2.05) is 13.8 Å². The highest BCUT2D eigenvalue weighted by Crippen LogP contribution is 2.32. The van der Waals surface area contributed by atoms with Crippen LogP contribution in [0, 0.1) is 17.8 Å². The molecular weight excluding hydrogens is 236 g/mol. The third-order valence-corrected chi connectivity index (χ3v) is 4.44. The lowest BCUT2D eigenvalue weighted by molar-refractivity contribution is -0.141. The fourth-order valence-electron chi connectivity index (χ4n) is 3.36. The number of ether oxygens (including phenoxy) is 1. The summed E-state index contributed by atoms with van der Waals surface area (Å²) in [6, 6.07) is 0. The zero-order valence-corrected chi connectivity index (χ0v) is 13.5. The van der Waals surface area contributed by atoms with Gasteiger partial charge < -0.3 is 4.74 Å². The number of hydrogen-bond donors (Lipinski definition) is 0. The van der Waals surface area contributed by atoms with Crippen molar-refractivity contribution in [2.45, 2.75) is 73.3 Å². The quantitative estimate of drug-likeness (QED) is 0.622. The molecule has 1 rings (SSSR count). The lowest BCUT2D eigenvalue weighted by Crippen LogP contribution is -2.22. The van der Waals surface area contributed by atoms with E-state index in [2.05, 4.69) is 27.7 Å². The molecule has 1 heterocycles. The van der Waals surface area contributed by atoms with E-state index in [-0.39, 0.29) is 12.1 Å². The van der Waals surface area contributed by atoms with Crippen molar-refractivity contribution in [1.29, 1.82) is 0 Å². The Morgan fingerprint density at radius 3 is 2.21 bits per heavy atom. The summed E-state index contributed by atoms with van der Waals surface area (Å²) in [6.45, 7) is 13.0. The minimum Gasteiger partial charge on any atom is -0.454 e. The lowest BCUT2D eigenvalue weighted by atomic mass is 9.84. The fourth-order valence-corrected chi connectivity index (χ4v) is 3.36. The molecule has 19 heavy (non-hydrogen) atoms. The van der Waals surface area contributed by atoms with Crippen molar-refractivity contribution in [3.05, 3.63) is 11.1 Å². The summed E-state index contributed by atoms with van der Waals surface area (Å²) in [5, 5.41) is 0. The van der Waals surface area contributed by atoms with Gasteiger partial charge in [-0.05, 0) is 50.0 Å². The summed E-state index contributed by atoms with van der Waals surface area (Å²) < 4.78 is 5.49. The van der Waals surface area contributed by atoms with Gasteiger partial charge in [-0.1, -0.05) is 40.5 Å². The monoisotopic (exact) mass is 266 g/mol. The van der Waals surface area contributed by atoms with E-state index in [0.717, 1.165) is 23.5 Å². The van der Waals surface area contributed by atoms with E-state index in [9.17, 15) is 4.79 Å². The van der Waals surface area contributed by atoms with Gasteiger partial charge in [0.1, 0.15) is 6.10 Å². The van der Waals surface area contributed by atoms with Gasteiger partial charge in [-0.15, -0.1) is 0 Å². The summed E-state index contributed by atoms with van der Waals surface area (Å²) in [4.78, 5) is 11.6. The van der Waals surface area contributed by atoms with Gasteiger partial charge in [0, 0.05) is 5.57 Å². The highest BCUT2D eigenvalue weighted by atomic mass is 16.5. The first-order valence-corrected chi connectivity index (χ1v) is 7.75. The van der Waals surface area contributed by atoms with Crippen LogP contribution < -0.4 is 0 Å². The second-order valence-corrected chi connectivity index (χ2v) is 6.58. The normalized spacial score (nSPS) is 24.3. The zero-order valence-electron chi connectivity index (χ0n) is 13.5. The minimum absolute atomic E-state index is 0.0106. The maximum absolute atomic E-state index is 11.6. The third kappa shape index (κ3) is 4.36. The number of carbonyl (C=O) groups excluding carboxylic acids is 1. The molecule has 0 spiro atoms. The van der Waals surface area contributed by atoms with Gasteiger partial charge in [0.2, 0.25) is 0 Å². The number of cyclic esters (lactones) is 1. The molecule has 0 saturated heterocycles. The molecule has 0 aromatic rings. The molecule has 0 N–H and O–H groups in total. The molecule has 0 aromatic carbocycles. The average molecular weight is 266 g/mol. The summed E-state index contributed by atoms with van der Waals surface area (Å²) in [6.07, 6.45) is 5.01. The van der Waals surface area contributed by atoms with Crippen molar-refractivity contribution in [1.82, 2.24) is 0 Å². The highest BCUT2D eigenvalue weighted by Gasteiger charge is 2.33. The summed E-state index contributed by atoms with van der Waals surface area (Å²) >= 11 is 0. The Hall–Kier alpha value is -0.790. The van der Waals surface area contributed by atoms with E-state index >= 15 is 0 Å². The minimum atomic E-state index is -0.124. The molecular formula is C17H30O2. The second-order valence-electron chi connectivity index (χ2n) is 6.58. The SMILES string of the molecule is CCC[C@H](C)C[C@H](C)C[C@H](C)C1OC(=O)C(C)=C1C. The van der Waals surface area contributed by atoms with E-state index in [4.69, 9.17) is 4.74 Å². The Morgan fingerprint density at radius 1 is 1.11 bits per heavy atom. The molecule has 0 aliphatic carbocycles. The van der Waals surface area contributed by atoms with Crippen LogP contribution in [0.15, 0.2) is 11.1 Å². The fraction of sp³-hybridized carbons (Fsp3) is 0.824. The van der Waals surface area contributed by atoms with Crippen LogP contribution in [0.4, 0.5) is 0 Å². The molecule has 1 unspecified atom stereocenters. The Labute approximate surface area is 118 Å². The van der Waals surface area contributed by atoms with Gasteiger partial charge >= 0.3 is 5.97 Å².